The third kappa shape index (κ3) is 2.04. The van der Waals surface area contributed by atoms with E-state index in [4.69, 9.17) is 4.74 Å². The van der Waals surface area contributed by atoms with E-state index in [0.29, 0.717) is 29.0 Å². The molecule has 2 rings (SSSR count). The predicted molar refractivity (Wildman–Crippen MR) is 66.9 cm³/mol. The van der Waals surface area contributed by atoms with E-state index in [2.05, 4.69) is 25.9 Å². The van der Waals surface area contributed by atoms with E-state index in [1.54, 1.807) is 13.1 Å². The first-order valence-electron chi connectivity index (χ1n) is 5.35. The van der Waals surface area contributed by atoms with Crippen LogP contribution in [0.15, 0.2) is 17.1 Å². The molecular formula is C11H12BrN3O2. The molecule has 2 heterocycles. The second kappa shape index (κ2) is 4.83. The minimum atomic E-state index is -0.368. The molecule has 0 aliphatic carbocycles. The molecule has 6 heteroatoms. The number of nitrogens with zero attached hydrogens (tertiary/aromatic N) is 3. The van der Waals surface area contributed by atoms with Gasteiger partial charge in [0.05, 0.1) is 18.3 Å². The number of imidazole rings is 1. The van der Waals surface area contributed by atoms with E-state index in [-0.39, 0.29) is 5.97 Å². The molecule has 0 aromatic carbocycles. The van der Waals surface area contributed by atoms with E-state index >= 15 is 0 Å². The van der Waals surface area contributed by atoms with Gasteiger partial charge in [0.1, 0.15) is 11.1 Å². The Labute approximate surface area is 107 Å². The van der Waals surface area contributed by atoms with Crippen LogP contribution in [0.4, 0.5) is 0 Å². The van der Waals surface area contributed by atoms with Gasteiger partial charge >= 0.3 is 5.97 Å². The summed E-state index contributed by atoms with van der Waals surface area (Å²) in [5.41, 5.74) is 1.89. The van der Waals surface area contributed by atoms with Crippen LogP contribution in [0.25, 0.3) is 11.0 Å². The van der Waals surface area contributed by atoms with Gasteiger partial charge in [0.25, 0.3) is 0 Å². The lowest BCUT2D eigenvalue weighted by Crippen LogP contribution is -2.08. The second-order valence-electron chi connectivity index (χ2n) is 3.40. The molecule has 2 aromatic heterocycles. The van der Waals surface area contributed by atoms with E-state index in [1.807, 2.05) is 11.5 Å². The smallest absolute Gasteiger partial charge is 0.341 e. The summed E-state index contributed by atoms with van der Waals surface area (Å²) in [7, 11) is 0. The van der Waals surface area contributed by atoms with Crippen LogP contribution < -0.4 is 0 Å². The minimum Gasteiger partial charge on any atom is -0.462 e. The Morgan fingerprint density at radius 1 is 1.47 bits per heavy atom. The van der Waals surface area contributed by atoms with Gasteiger partial charge in [0.15, 0.2) is 4.73 Å². The first-order chi connectivity index (χ1) is 8.19. The highest BCUT2D eigenvalue weighted by Gasteiger charge is 2.17. The molecule has 0 unspecified atom stereocenters. The molecule has 0 fully saturated rings. The van der Waals surface area contributed by atoms with Gasteiger partial charge < -0.3 is 9.30 Å². The molecule has 0 bridgehead atoms. The normalized spacial score (nSPS) is 10.8. The van der Waals surface area contributed by atoms with Crippen molar-refractivity contribution in [3.8, 4) is 0 Å². The lowest BCUT2D eigenvalue weighted by Gasteiger charge is -2.06. The predicted octanol–water partition coefficient (Wildman–Crippen LogP) is 2.39. The van der Waals surface area contributed by atoms with E-state index in [9.17, 15) is 4.79 Å². The highest BCUT2D eigenvalue weighted by atomic mass is 79.9. The van der Waals surface area contributed by atoms with Crippen LogP contribution in [-0.2, 0) is 11.3 Å². The molecule has 0 aliphatic rings. The minimum absolute atomic E-state index is 0.344. The number of aromatic nitrogens is 3. The Morgan fingerprint density at radius 3 is 2.88 bits per heavy atom. The molecule has 17 heavy (non-hydrogen) atoms. The number of carbonyl (C=O) groups excluding carboxylic acids is 1. The zero-order valence-electron chi connectivity index (χ0n) is 9.61. The molecule has 0 saturated heterocycles. The number of hydrogen-bond acceptors (Lipinski definition) is 4. The van der Waals surface area contributed by atoms with Crippen molar-refractivity contribution in [3.63, 3.8) is 0 Å². The zero-order valence-corrected chi connectivity index (χ0v) is 11.2. The van der Waals surface area contributed by atoms with E-state index < -0.39 is 0 Å². The number of carbonyl (C=O) groups is 1. The fourth-order valence-electron chi connectivity index (χ4n) is 1.71. The summed E-state index contributed by atoms with van der Waals surface area (Å²) >= 11 is 3.36. The molecule has 5 nitrogen and oxygen atoms in total. The van der Waals surface area contributed by atoms with Crippen LogP contribution in [0, 0.1) is 0 Å². The Kier molecular flexibility index (Phi) is 3.42. The van der Waals surface area contributed by atoms with Gasteiger partial charge in [-0.3, -0.25) is 4.98 Å². The van der Waals surface area contributed by atoms with Gasteiger partial charge in [-0.2, -0.15) is 0 Å². The second-order valence-corrected chi connectivity index (χ2v) is 4.11. The number of fused-ring (bicyclic) bond motifs is 1. The molecular weight excluding hydrogens is 286 g/mol. The molecule has 0 aliphatic heterocycles. The number of rotatable bonds is 3. The Bertz CT molecular complexity index is 565. The third-order valence-electron chi connectivity index (χ3n) is 2.42. The van der Waals surface area contributed by atoms with Crippen molar-refractivity contribution in [1.82, 2.24) is 14.5 Å². The summed E-state index contributed by atoms with van der Waals surface area (Å²) in [5, 5.41) is 0. The van der Waals surface area contributed by atoms with Gasteiger partial charge in [0, 0.05) is 12.7 Å². The zero-order chi connectivity index (χ0) is 12.4. The van der Waals surface area contributed by atoms with Crippen LogP contribution in [-0.4, -0.2) is 27.1 Å². The van der Waals surface area contributed by atoms with Crippen LogP contribution in [0.3, 0.4) is 0 Å². The average molecular weight is 298 g/mol. The Hall–Kier alpha value is -1.43. The van der Waals surface area contributed by atoms with Gasteiger partial charge in [-0.25, -0.2) is 9.78 Å². The van der Waals surface area contributed by atoms with Crippen LogP contribution in [0.2, 0.25) is 0 Å². The maximum Gasteiger partial charge on any atom is 0.341 e. The number of pyridine rings is 1. The number of hydrogen-bond donors (Lipinski definition) is 0. The molecule has 90 valence electrons. The molecule has 0 amide bonds. The summed E-state index contributed by atoms with van der Waals surface area (Å²) in [6.45, 7) is 4.82. The molecule has 0 radical (unpaired) electrons. The Balaban J connectivity index is 2.66. The topological polar surface area (TPSA) is 57.0 Å². The average Bonchev–Trinajstić information content (AvgIpc) is 2.64. The Morgan fingerprint density at radius 2 is 2.24 bits per heavy atom. The highest BCUT2D eigenvalue weighted by molar-refractivity contribution is 9.10. The standard InChI is InChI=1S/C11H12BrN3O2/c1-3-15-9-7(10(16)17-4-2)5-13-6-8(9)14-11(15)12/h5-6H,3-4H2,1-2H3. The molecule has 0 saturated carbocycles. The molecule has 0 spiro atoms. The van der Waals surface area contributed by atoms with Crippen molar-refractivity contribution < 1.29 is 9.53 Å². The first-order valence-corrected chi connectivity index (χ1v) is 6.15. The SMILES string of the molecule is CCOC(=O)c1cncc2nc(Br)n(CC)c12. The fraction of sp³-hybridized carbons (Fsp3) is 0.364. The van der Waals surface area contributed by atoms with Crippen LogP contribution >= 0.6 is 15.9 Å². The lowest BCUT2D eigenvalue weighted by atomic mass is 10.2. The van der Waals surface area contributed by atoms with Gasteiger partial charge in [-0.1, -0.05) is 0 Å². The first kappa shape index (κ1) is 12.0. The number of esters is 1. The van der Waals surface area contributed by atoms with Gasteiger partial charge in [0.2, 0.25) is 0 Å². The van der Waals surface area contributed by atoms with Gasteiger partial charge in [-0.05, 0) is 29.8 Å². The van der Waals surface area contributed by atoms with Crippen LogP contribution in [0.5, 0.6) is 0 Å². The van der Waals surface area contributed by atoms with Crippen molar-refractivity contribution in [3.05, 3.63) is 22.7 Å². The maximum atomic E-state index is 11.8. The fourth-order valence-corrected chi connectivity index (χ4v) is 2.33. The van der Waals surface area contributed by atoms with Crippen molar-refractivity contribution in [2.75, 3.05) is 6.61 Å². The monoisotopic (exact) mass is 297 g/mol. The summed E-state index contributed by atoms with van der Waals surface area (Å²) in [4.78, 5) is 20.1. The van der Waals surface area contributed by atoms with Crippen molar-refractivity contribution >= 4 is 32.9 Å². The summed E-state index contributed by atoms with van der Waals surface area (Å²) < 4.78 is 7.60. The van der Waals surface area contributed by atoms with E-state index in [1.165, 1.54) is 6.20 Å². The van der Waals surface area contributed by atoms with E-state index in [0.717, 1.165) is 5.52 Å². The molecule has 0 N–H and O–H groups in total. The van der Waals surface area contributed by atoms with Gasteiger partial charge in [-0.15, -0.1) is 0 Å². The summed E-state index contributed by atoms with van der Waals surface area (Å²) in [6, 6.07) is 0. The quantitative estimate of drug-likeness (QED) is 0.816. The summed E-state index contributed by atoms with van der Waals surface area (Å²) in [5.74, 6) is -0.368. The summed E-state index contributed by atoms with van der Waals surface area (Å²) in [6.07, 6.45) is 3.15. The number of aryl methyl sites for hydroxylation is 1. The lowest BCUT2D eigenvalue weighted by molar-refractivity contribution is 0.0527. The van der Waals surface area contributed by atoms with Crippen LogP contribution in [0.1, 0.15) is 24.2 Å². The molecule has 0 atom stereocenters. The van der Waals surface area contributed by atoms with Crippen molar-refractivity contribution in [1.29, 1.82) is 0 Å². The van der Waals surface area contributed by atoms with Crippen molar-refractivity contribution in [2.24, 2.45) is 0 Å². The number of halogens is 1. The molecule has 2 aromatic rings. The maximum absolute atomic E-state index is 11.8. The highest BCUT2D eigenvalue weighted by Crippen LogP contribution is 2.23. The van der Waals surface area contributed by atoms with Crippen molar-refractivity contribution in [2.45, 2.75) is 20.4 Å². The largest absolute Gasteiger partial charge is 0.462 e. The number of ether oxygens (including phenoxy) is 1. The third-order valence-corrected chi connectivity index (χ3v) is 3.02.